The smallest absolute Gasteiger partial charge is 0.321 e. The summed E-state index contributed by atoms with van der Waals surface area (Å²) in [5.41, 5.74) is 13.3. The zero-order valence-corrected chi connectivity index (χ0v) is 16.4. The Morgan fingerprint density at radius 3 is 2.37 bits per heavy atom. The fraction of sp³-hybridized carbons (Fsp3) is 0.160. The van der Waals surface area contributed by atoms with Crippen LogP contribution in [-0.4, -0.2) is 21.8 Å². The van der Waals surface area contributed by atoms with Crippen LogP contribution < -0.4 is 5.73 Å². The summed E-state index contributed by atoms with van der Waals surface area (Å²) in [5.74, 6) is 0.666. The lowest BCUT2D eigenvalue weighted by Gasteiger charge is -2.38. The monoisotopic (exact) mass is 392 g/mol. The van der Waals surface area contributed by atoms with E-state index < -0.39 is 0 Å². The first-order valence-electron chi connectivity index (χ1n) is 10.2. The summed E-state index contributed by atoms with van der Waals surface area (Å²) in [5, 5.41) is 0. The van der Waals surface area contributed by atoms with Crippen molar-refractivity contribution in [3.8, 4) is 22.4 Å². The van der Waals surface area contributed by atoms with Crippen molar-refractivity contribution in [2.24, 2.45) is 10.7 Å². The summed E-state index contributed by atoms with van der Waals surface area (Å²) in [6, 6.07) is 20.6. The van der Waals surface area contributed by atoms with E-state index >= 15 is 0 Å². The lowest BCUT2D eigenvalue weighted by atomic mass is 9.72. The van der Waals surface area contributed by atoms with Gasteiger partial charge in [-0.3, -0.25) is 4.90 Å². The predicted molar refractivity (Wildman–Crippen MR) is 118 cm³/mol. The lowest BCUT2D eigenvalue weighted by Crippen LogP contribution is -2.43. The van der Waals surface area contributed by atoms with Crippen molar-refractivity contribution in [3.63, 3.8) is 0 Å². The predicted octanol–water partition coefficient (Wildman–Crippen LogP) is 4.92. The van der Waals surface area contributed by atoms with E-state index in [4.69, 9.17) is 10.7 Å². The first-order valence-corrected chi connectivity index (χ1v) is 10.2. The molecule has 3 aromatic rings. The molecule has 1 saturated carbocycles. The number of carbonyl (C=O) groups is 1. The Morgan fingerprint density at radius 1 is 0.933 bits per heavy atom. The number of aromatic nitrogens is 1. The molecule has 0 saturated heterocycles. The molecule has 3 heterocycles. The molecule has 146 valence electrons. The van der Waals surface area contributed by atoms with Gasteiger partial charge in [0.25, 0.3) is 0 Å². The fourth-order valence-electron chi connectivity index (χ4n) is 4.41. The van der Waals surface area contributed by atoms with Crippen LogP contribution in [-0.2, 0) is 5.54 Å². The van der Waals surface area contributed by atoms with E-state index in [2.05, 4.69) is 47.5 Å². The molecular weight excluding hydrogens is 372 g/mol. The lowest BCUT2D eigenvalue weighted by molar-refractivity contribution is 0.233. The molecule has 1 fully saturated rings. The van der Waals surface area contributed by atoms with Crippen LogP contribution >= 0.6 is 0 Å². The fourth-order valence-corrected chi connectivity index (χ4v) is 4.41. The minimum absolute atomic E-state index is 0.175. The van der Waals surface area contributed by atoms with Gasteiger partial charge >= 0.3 is 6.03 Å². The third-order valence-corrected chi connectivity index (χ3v) is 6.37. The van der Waals surface area contributed by atoms with Crippen LogP contribution in [0.3, 0.4) is 0 Å². The molecule has 5 heteroatoms. The third kappa shape index (κ3) is 2.49. The van der Waals surface area contributed by atoms with Crippen LogP contribution in [0.5, 0.6) is 0 Å². The van der Waals surface area contributed by atoms with Crippen molar-refractivity contribution in [1.82, 2.24) is 9.88 Å². The van der Waals surface area contributed by atoms with Gasteiger partial charge in [-0.15, -0.1) is 0 Å². The maximum atomic E-state index is 11.7. The SMILES string of the molecule is NC1(c2ccc(-c3nc4c(cc3-c3ccccc3)C3=NC(=O)N3C=C4)cc2)CCC1. The van der Waals surface area contributed by atoms with Crippen LogP contribution in [0.4, 0.5) is 4.79 Å². The van der Waals surface area contributed by atoms with Gasteiger partial charge < -0.3 is 5.73 Å². The number of nitrogens with two attached hydrogens (primary N) is 1. The van der Waals surface area contributed by atoms with Crippen LogP contribution in [0.25, 0.3) is 28.5 Å². The highest BCUT2D eigenvalue weighted by Crippen LogP contribution is 2.40. The highest BCUT2D eigenvalue weighted by molar-refractivity contribution is 6.22. The molecule has 2 aromatic carbocycles. The second-order valence-corrected chi connectivity index (χ2v) is 8.17. The number of hydrogen-bond donors (Lipinski definition) is 1. The second-order valence-electron chi connectivity index (χ2n) is 8.17. The molecule has 2 amide bonds. The molecular formula is C25H20N4O. The third-order valence-electron chi connectivity index (χ3n) is 6.37. The van der Waals surface area contributed by atoms with Gasteiger partial charge in [0.1, 0.15) is 0 Å². The van der Waals surface area contributed by atoms with Gasteiger partial charge in [-0.1, -0.05) is 54.6 Å². The average Bonchev–Trinajstić information content (AvgIpc) is 2.76. The molecule has 5 nitrogen and oxygen atoms in total. The number of amides is 2. The largest absolute Gasteiger partial charge is 0.355 e. The number of benzene rings is 2. The van der Waals surface area contributed by atoms with E-state index in [0.29, 0.717) is 5.84 Å². The van der Waals surface area contributed by atoms with Gasteiger partial charge in [-0.05, 0) is 42.5 Å². The topological polar surface area (TPSA) is 71.6 Å². The van der Waals surface area contributed by atoms with Crippen molar-refractivity contribution in [1.29, 1.82) is 0 Å². The number of aliphatic imine (C=N–C) groups is 1. The van der Waals surface area contributed by atoms with Gasteiger partial charge in [0, 0.05) is 28.4 Å². The molecule has 1 aromatic heterocycles. The minimum atomic E-state index is -0.237. The number of amidine groups is 1. The Hall–Kier alpha value is -3.57. The van der Waals surface area contributed by atoms with E-state index in [1.165, 1.54) is 12.0 Å². The van der Waals surface area contributed by atoms with Crippen molar-refractivity contribution in [2.75, 3.05) is 0 Å². The molecule has 6 rings (SSSR count). The molecule has 0 unspecified atom stereocenters. The average molecular weight is 392 g/mol. The van der Waals surface area contributed by atoms with Crippen molar-refractivity contribution < 1.29 is 4.79 Å². The second kappa shape index (κ2) is 6.21. The van der Waals surface area contributed by atoms with Crippen molar-refractivity contribution in [3.05, 3.63) is 83.7 Å². The molecule has 0 bridgehead atoms. The summed E-state index contributed by atoms with van der Waals surface area (Å²) in [6.07, 6.45) is 6.89. The van der Waals surface area contributed by atoms with E-state index in [1.54, 1.807) is 11.1 Å². The Bertz CT molecular complexity index is 1240. The van der Waals surface area contributed by atoms with Gasteiger partial charge in [-0.2, -0.15) is 4.99 Å². The number of nitrogens with zero attached hydrogens (tertiary/aromatic N) is 3. The summed E-state index contributed by atoms with van der Waals surface area (Å²) < 4.78 is 0. The number of rotatable bonds is 3. The highest BCUT2D eigenvalue weighted by atomic mass is 16.2. The first-order chi connectivity index (χ1) is 14.6. The number of urea groups is 1. The van der Waals surface area contributed by atoms with Gasteiger partial charge in [0.15, 0.2) is 5.84 Å². The molecule has 30 heavy (non-hydrogen) atoms. The Morgan fingerprint density at radius 2 is 1.70 bits per heavy atom. The van der Waals surface area contributed by atoms with E-state index in [0.717, 1.165) is 46.5 Å². The summed E-state index contributed by atoms with van der Waals surface area (Å²) >= 11 is 0. The Labute approximate surface area is 174 Å². The molecule has 0 atom stereocenters. The van der Waals surface area contributed by atoms with Crippen LogP contribution in [0, 0.1) is 0 Å². The van der Waals surface area contributed by atoms with Crippen LogP contribution in [0.1, 0.15) is 36.1 Å². The standard InChI is InChI=1S/C25H20N4O/c26-25(12-4-13-25)18-9-7-17(8-10-18)22-19(16-5-2-1-3-6-16)15-20-21(27-22)11-14-29-23(20)28-24(29)30/h1-3,5-11,14-15H,4,12-13,26H2. The van der Waals surface area contributed by atoms with E-state index in [9.17, 15) is 4.79 Å². The summed E-state index contributed by atoms with van der Waals surface area (Å²) in [6.45, 7) is 0. The molecule has 3 aliphatic rings. The molecule has 1 aliphatic carbocycles. The van der Waals surface area contributed by atoms with Crippen molar-refractivity contribution in [2.45, 2.75) is 24.8 Å². The quantitative estimate of drug-likeness (QED) is 0.688. The zero-order chi connectivity index (χ0) is 20.3. The van der Waals surface area contributed by atoms with E-state index in [-0.39, 0.29) is 11.6 Å². The first kappa shape index (κ1) is 17.3. The summed E-state index contributed by atoms with van der Waals surface area (Å²) in [4.78, 5) is 22.3. The summed E-state index contributed by atoms with van der Waals surface area (Å²) in [7, 11) is 0. The normalized spacial score (nSPS) is 18.1. The van der Waals surface area contributed by atoms with Gasteiger partial charge in [0.2, 0.25) is 0 Å². The van der Waals surface area contributed by atoms with Crippen molar-refractivity contribution >= 4 is 17.9 Å². The highest BCUT2D eigenvalue weighted by Gasteiger charge is 2.35. The van der Waals surface area contributed by atoms with Gasteiger partial charge in [0.05, 0.1) is 11.4 Å². The van der Waals surface area contributed by atoms with Crippen LogP contribution in [0.15, 0.2) is 71.9 Å². The molecule has 0 spiro atoms. The number of pyridine rings is 1. The maximum absolute atomic E-state index is 11.7. The zero-order valence-electron chi connectivity index (χ0n) is 16.4. The molecule has 0 radical (unpaired) electrons. The van der Waals surface area contributed by atoms with Gasteiger partial charge in [-0.25, -0.2) is 9.78 Å². The minimum Gasteiger partial charge on any atom is -0.321 e. The van der Waals surface area contributed by atoms with E-state index in [1.807, 2.05) is 24.3 Å². The molecule has 2 aliphatic heterocycles. The Balaban J connectivity index is 1.51. The number of fused-ring (bicyclic) bond motifs is 3. The Kier molecular flexibility index (Phi) is 3.58. The van der Waals surface area contributed by atoms with Crippen LogP contribution in [0.2, 0.25) is 0 Å². The maximum Gasteiger partial charge on any atom is 0.355 e. The number of hydrogen-bond acceptors (Lipinski definition) is 3. The molecule has 2 N–H and O–H groups in total. The number of carbonyl (C=O) groups excluding carboxylic acids is 1.